The Morgan fingerprint density at radius 3 is 1.76 bits per heavy atom. The molecule has 9 nitrogen and oxygen atoms in total. The third kappa shape index (κ3) is 38.0. The second-order valence-corrected chi connectivity index (χ2v) is 13.4. The van der Waals surface area contributed by atoms with Crippen LogP contribution in [-0.4, -0.2) is 46.8 Å². The molecule has 0 aromatic rings. The van der Waals surface area contributed by atoms with Crippen molar-refractivity contribution in [1.29, 1.82) is 0 Å². The number of rotatable bonds is 33. The van der Waals surface area contributed by atoms with Gasteiger partial charge in [-0.25, -0.2) is 4.57 Å². The van der Waals surface area contributed by atoms with E-state index in [1.807, 2.05) is 18.2 Å². The molecule has 0 heterocycles. The summed E-state index contributed by atoms with van der Waals surface area (Å²) in [6.07, 6.45) is 42.9. The van der Waals surface area contributed by atoms with Gasteiger partial charge in [0.15, 0.2) is 11.9 Å². The summed E-state index contributed by atoms with van der Waals surface area (Å²) in [5.41, 5.74) is 0. The molecule has 0 radical (unpaired) electrons. The predicted octanol–water partition coefficient (Wildman–Crippen LogP) is 10.5. The maximum absolute atomic E-state index is 12.3. The number of hydrogen-bond acceptors (Lipinski definition) is 7. The van der Waals surface area contributed by atoms with E-state index >= 15 is 0 Å². The number of unbranched alkanes of at least 4 members (excludes halogenated alkanes) is 8. The van der Waals surface area contributed by atoms with E-state index in [-0.39, 0.29) is 25.2 Å². The number of carbonyl (C=O) groups excluding carboxylic acids is 3. The molecule has 1 atom stereocenters. The molecular formula is C41H65O9P. The zero-order valence-electron chi connectivity index (χ0n) is 31.2. The van der Waals surface area contributed by atoms with Gasteiger partial charge in [-0.15, -0.1) is 0 Å². The van der Waals surface area contributed by atoms with Gasteiger partial charge in [0, 0.05) is 19.3 Å². The maximum Gasteiger partial charge on any atom is 0.469 e. The Labute approximate surface area is 307 Å². The van der Waals surface area contributed by atoms with Crippen LogP contribution in [0.4, 0.5) is 0 Å². The third-order valence-electron chi connectivity index (χ3n) is 7.37. The average molecular weight is 733 g/mol. The number of ether oxygens (including phenoxy) is 2. The summed E-state index contributed by atoms with van der Waals surface area (Å²) in [6, 6.07) is 0. The summed E-state index contributed by atoms with van der Waals surface area (Å²) in [7, 11) is -4.79. The highest BCUT2D eigenvalue weighted by molar-refractivity contribution is 7.46. The number of phosphoric ester groups is 1. The van der Waals surface area contributed by atoms with Crippen molar-refractivity contribution in [3.05, 3.63) is 85.1 Å². The summed E-state index contributed by atoms with van der Waals surface area (Å²) < 4.78 is 26.2. The highest BCUT2D eigenvalue weighted by Crippen LogP contribution is 2.35. The van der Waals surface area contributed by atoms with Crippen LogP contribution in [-0.2, 0) is 32.9 Å². The Morgan fingerprint density at radius 2 is 1.14 bits per heavy atom. The van der Waals surface area contributed by atoms with Gasteiger partial charge in [-0.05, 0) is 76.7 Å². The number of hydrogen-bond donors (Lipinski definition) is 2. The molecule has 10 heteroatoms. The van der Waals surface area contributed by atoms with Crippen LogP contribution in [0, 0.1) is 0 Å². The SMILES string of the molecule is CC/C=C\C/C=C\C/C=C\C/C=C\C/C=C\CCCC(=O)O[C@H](COC(=O)CCCCCCC/C=C\C=C\C(=O)CCCCC)COP(=O)(O)O. The molecule has 0 rings (SSSR count). The lowest BCUT2D eigenvalue weighted by Crippen LogP contribution is -2.29. The van der Waals surface area contributed by atoms with Crippen molar-refractivity contribution in [1.82, 2.24) is 0 Å². The van der Waals surface area contributed by atoms with Crippen LogP contribution in [0.5, 0.6) is 0 Å². The fraction of sp³-hybridized carbons (Fsp3) is 0.585. The van der Waals surface area contributed by atoms with Crippen molar-refractivity contribution in [3.63, 3.8) is 0 Å². The minimum atomic E-state index is -4.79. The first-order valence-electron chi connectivity index (χ1n) is 18.8. The molecular weight excluding hydrogens is 667 g/mol. The van der Waals surface area contributed by atoms with E-state index in [0.717, 1.165) is 83.5 Å². The first-order valence-corrected chi connectivity index (χ1v) is 20.4. The maximum atomic E-state index is 12.3. The number of ketones is 1. The number of allylic oxidation sites excluding steroid dienone is 14. The summed E-state index contributed by atoms with van der Waals surface area (Å²) >= 11 is 0. The summed E-state index contributed by atoms with van der Waals surface area (Å²) in [6.45, 7) is 3.31. The van der Waals surface area contributed by atoms with Crippen molar-refractivity contribution in [3.8, 4) is 0 Å². The lowest BCUT2D eigenvalue weighted by atomic mass is 10.1. The molecule has 0 aliphatic rings. The molecule has 0 saturated carbocycles. The minimum Gasteiger partial charge on any atom is -0.462 e. The zero-order valence-corrected chi connectivity index (χ0v) is 32.1. The first-order chi connectivity index (χ1) is 24.7. The molecule has 0 aromatic heterocycles. The van der Waals surface area contributed by atoms with Crippen molar-refractivity contribution in [2.75, 3.05) is 13.2 Å². The van der Waals surface area contributed by atoms with E-state index in [2.05, 4.69) is 73.1 Å². The Kier molecular flexibility index (Phi) is 33.2. The lowest BCUT2D eigenvalue weighted by molar-refractivity contribution is -0.161. The quantitative estimate of drug-likeness (QED) is 0.0169. The molecule has 0 amide bonds. The summed E-state index contributed by atoms with van der Waals surface area (Å²) in [4.78, 5) is 54.4. The van der Waals surface area contributed by atoms with Gasteiger partial charge in [-0.3, -0.25) is 18.9 Å². The molecule has 0 bridgehead atoms. The fourth-order valence-electron chi connectivity index (χ4n) is 4.56. The summed E-state index contributed by atoms with van der Waals surface area (Å²) in [5.74, 6) is -0.856. The van der Waals surface area contributed by atoms with Crippen LogP contribution in [0.15, 0.2) is 85.1 Å². The number of phosphoric acid groups is 1. The molecule has 51 heavy (non-hydrogen) atoms. The molecule has 0 unspecified atom stereocenters. The van der Waals surface area contributed by atoms with Gasteiger partial charge in [0.2, 0.25) is 0 Å². The van der Waals surface area contributed by atoms with Gasteiger partial charge >= 0.3 is 19.8 Å². The molecule has 2 N–H and O–H groups in total. The topological polar surface area (TPSA) is 136 Å². The fourth-order valence-corrected chi connectivity index (χ4v) is 4.92. The Hall–Kier alpha value is -3.10. The molecule has 288 valence electrons. The predicted molar refractivity (Wildman–Crippen MR) is 207 cm³/mol. The second kappa shape index (κ2) is 35.3. The van der Waals surface area contributed by atoms with Crippen LogP contribution in [0.25, 0.3) is 0 Å². The first kappa shape index (κ1) is 47.9. The average Bonchev–Trinajstić information content (AvgIpc) is 3.09. The van der Waals surface area contributed by atoms with Crippen LogP contribution in [0.1, 0.15) is 136 Å². The van der Waals surface area contributed by atoms with Crippen LogP contribution in [0.3, 0.4) is 0 Å². The molecule has 0 fully saturated rings. The van der Waals surface area contributed by atoms with Gasteiger partial charge in [0.05, 0.1) is 6.61 Å². The monoisotopic (exact) mass is 732 g/mol. The van der Waals surface area contributed by atoms with Crippen LogP contribution < -0.4 is 0 Å². The van der Waals surface area contributed by atoms with E-state index in [9.17, 15) is 18.9 Å². The Bertz CT molecular complexity index is 1160. The normalized spacial score (nSPS) is 13.3. The molecule has 0 saturated heterocycles. The van der Waals surface area contributed by atoms with Crippen molar-refractivity contribution < 1.29 is 42.7 Å². The van der Waals surface area contributed by atoms with Gasteiger partial charge in [-0.2, -0.15) is 0 Å². The van der Waals surface area contributed by atoms with E-state index in [1.54, 1.807) is 12.2 Å². The van der Waals surface area contributed by atoms with Crippen molar-refractivity contribution in [2.24, 2.45) is 0 Å². The molecule has 0 aromatic carbocycles. The van der Waals surface area contributed by atoms with E-state index in [0.29, 0.717) is 25.7 Å². The highest BCUT2D eigenvalue weighted by atomic mass is 31.2. The van der Waals surface area contributed by atoms with Gasteiger partial charge < -0.3 is 19.3 Å². The van der Waals surface area contributed by atoms with Gasteiger partial charge in [0.25, 0.3) is 0 Å². The molecule has 0 aliphatic heterocycles. The van der Waals surface area contributed by atoms with Crippen molar-refractivity contribution in [2.45, 2.75) is 142 Å². The standard InChI is InChI=1S/C41H65O9P/c1-3-5-7-8-9-10-11-12-13-14-15-16-17-20-24-27-31-35-41(44)50-39(37-49-51(45,46)47)36-48-40(43)34-30-26-23-21-18-19-22-25-29-33-38(42)32-28-6-4-2/h5,7,9-10,12-13,15-16,20,22,24-25,29,33,39H,3-4,6,8,11,14,17-19,21,23,26-28,30-32,34-37H2,1-2H3,(H2,45,46,47)/b7-5-,10-9-,13-12-,16-15-,24-20-,25-22-,33-29+/t39-/m1/s1. The number of carbonyl (C=O) groups is 3. The second-order valence-electron chi connectivity index (χ2n) is 12.2. The third-order valence-corrected chi connectivity index (χ3v) is 7.86. The summed E-state index contributed by atoms with van der Waals surface area (Å²) in [5, 5.41) is 0. The smallest absolute Gasteiger partial charge is 0.462 e. The zero-order chi connectivity index (χ0) is 37.7. The lowest BCUT2D eigenvalue weighted by Gasteiger charge is -2.18. The van der Waals surface area contributed by atoms with Crippen LogP contribution in [0.2, 0.25) is 0 Å². The van der Waals surface area contributed by atoms with Gasteiger partial charge in [-0.1, -0.05) is 125 Å². The van der Waals surface area contributed by atoms with E-state index in [4.69, 9.17) is 19.3 Å². The van der Waals surface area contributed by atoms with Gasteiger partial charge in [0.1, 0.15) is 6.61 Å². The number of esters is 2. The highest BCUT2D eigenvalue weighted by Gasteiger charge is 2.22. The van der Waals surface area contributed by atoms with Crippen molar-refractivity contribution >= 4 is 25.5 Å². The van der Waals surface area contributed by atoms with E-state index in [1.165, 1.54) is 0 Å². The molecule has 0 aliphatic carbocycles. The minimum absolute atomic E-state index is 0.111. The largest absolute Gasteiger partial charge is 0.469 e. The Morgan fingerprint density at radius 1 is 0.588 bits per heavy atom. The van der Waals surface area contributed by atoms with E-state index < -0.39 is 32.5 Å². The van der Waals surface area contributed by atoms with Crippen LogP contribution >= 0.6 is 7.82 Å². The molecule has 0 spiro atoms. The Balaban J connectivity index is 4.17.